The summed E-state index contributed by atoms with van der Waals surface area (Å²) in [4.78, 5) is 11.9. The monoisotopic (exact) mass is 201 g/mol. The van der Waals surface area contributed by atoms with Gasteiger partial charge >= 0.3 is 0 Å². The Labute approximate surface area is 80.0 Å². The fourth-order valence-electron chi connectivity index (χ4n) is 0.775. The Morgan fingerprint density at radius 3 is 2.92 bits per heavy atom. The number of carbonyl (C=O) groups excluding carboxylic acids is 1. The van der Waals surface area contributed by atoms with Crippen molar-refractivity contribution in [2.75, 3.05) is 6.61 Å². The average Bonchev–Trinajstić information content (AvgIpc) is 2.51. The number of aliphatic hydroxyl groups is 1. The Morgan fingerprint density at radius 2 is 2.46 bits per heavy atom. The molecule has 1 rings (SSSR count). The quantitative estimate of drug-likeness (QED) is 0.719. The summed E-state index contributed by atoms with van der Waals surface area (Å²) in [5.41, 5.74) is 0.618. The van der Waals surface area contributed by atoms with Crippen LogP contribution in [0.15, 0.2) is 0 Å². The predicted octanol–water partition coefficient (Wildman–Crippen LogP) is -0.0429. The maximum Gasteiger partial charge on any atom is 0.265 e. The molecule has 1 atom stereocenters. The van der Waals surface area contributed by atoms with Gasteiger partial charge in [-0.3, -0.25) is 4.79 Å². The van der Waals surface area contributed by atoms with Crippen molar-refractivity contribution in [1.82, 2.24) is 14.9 Å². The second kappa shape index (κ2) is 4.29. The molecule has 72 valence electrons. The molecule has 5 nitrogen and oxygen atoms in total. The molecule has 0 bridgehead atoms. The summed E-state index contributed by atoms with van der Waals surface area (Å²) < 4.78 is 3.64. The van der Waals surface area contributed by atoms with Gasteiger partial charge in [-0.05, 0) is 25.4 Å². The van der Waals surface area contributed by atoms with Gasteiger partial charge in [0.05, 0.1) is 12.3 Å². The first-order valence-corrected chi connectivity index (χ1v) is 4.63. The number of aliphatic hydroxyl groups excluding tert-OH is 1. The van der Waals surface area contributed by atoms with Gasteiger partial charge in [0.2, 0.25) is 0 Å². The first-order valence-electron chi connectivity index (χ1n) is 3.85. The van der Waals surface area contributed by atoms with Crippen LogP contribution < -0.4 is 5.32 Å². The molecule has 0 radical (unpaired) electrons. The zero-order valence-electron chi connectivity index (χ0n) is 7.44. The van der Waals surface area contributed by atoms with E-state index in [2.05, 4.69) is 14.9 Å². The summed E-state index contributed by atoms with van der Waals surface area (Å²) in [5, 5.41) is 15.0. The number of nitrogens with zero attached hydrogens (tertiary/aromatic N) is 2. The number of rotatable bonds is 3. The molecule has 1 aromatic rings. The molecule has 1 heterocycles. The van der Waals surface area contributed by atoms with Crippen LogP contribution in [-0.4, -0.2) is 33.2 Å². The lowest BCUT2D eigenvalue weighted by Gasteiger charge is -2.08. The van der Waals surface area contributed by atoms with Crippen LogP contribution in [0.5, 0.6) is 0 Å². The van der Waals surface area contributed by atoms with Crippen molar-refractivity contribution in [2.45, 2.75) is 19.9 Å². The van der Waals surface area contributed by atoms with Gasteiger partial charge in [0.1, 0.15) is 4.88 Å². The maximum atomic E-state index is 11.4. The highest BCUT2D eigenvalue weighted by Gasteiger charge is 2.14. The minimum atomic E-state index is -0.242. The van der Waals surface area contributed by atoms with Crippen LogP contribution in [0.25, 0.3) is 0 Å². The van der Waals surface area contributed by atoms with E-state index in [0.717, 1.165) is 11.5 Å². The van der Waals surface area contributed by atoms with Gasteiger partial charge in [-0.15, -0.1) is 5.10 Å². The molecule has 0 aliphatic carbocycles. The van der Waals surface area contributed by atoms with Crippen LogP contribution in [0.4, 0.5) is 0 Å². The summed E-state index contributed by atoms with van der Waals surface area (Å²) in [7, 11) is 0. The minimum Gasteiger partial charge on any atom is -0.394 e. The zero-order chi connectivity index (χ0) is 9.84. The molecule has 0 aromatic carbocycles. The Balaban J connectivity index is 2.64. The van der Waals surface area contributed by atoms with E-state index in [1.165, 1.54) is 0 Å². The smallest absolute Gasteiger partial charge is 0.265 e. The van der Waals surface area contributed by atoms with Crippen molar-refractivity contribution in [3.63, 3.8) is 0 Å². The normalized spacial score (nSPS) is 12.5. The Morgan fingerprint density at radius 1 is 1.77 bits per heavy atom. The standard InChI is InChI=1S/C7H11N3O2S/c1-4(3-11)8-7(12)6-5(2)9-10-13-6/h4,11H,3H2,1-2H3,(H,8,12). The summed E-state index contributed by atoms with van der Waals surface area (Å²) in [6, 6.07) is -0.242. The third-order valence-electron chi connectivity index (χ3n) is 1.51. The van der Waals surface area contributed by atoms with Gasteiger partial charge in [0.15, 0.2) is 0 Å². The number of hydrogen-bond donors (Lipinski definition) is 2. The fraction of sp³-hybridized carbons (Fsp3) is 0.571. The van der Waals surface area contributed by atoms with E-state index in [1.54, 1.807) is 13.8 Å². The summed E-state index contributed by atoms with van der Waals surface area (Å²) in [6.45, 7) is 3.38. The third-order valence-corrected chi connectivity index (χ3v) is 2.34. The van der Waals surface area contributed by atoms with E-state index < -0.39 is 0 Å². The van der Waals surface area contributed by atoms with Crippen molar-refractivity contribution < 1.29 is 9.90 Å². The van der Waals surface area contributed by atoms with E-state index in [1.807, 2.05) is 0 Å². The van der Waals surface area contributed by atoms with Crippen molar-refractivity contribution >= 4 is 17.4 Å². The van der Waals surface area contributed by atoms with Gasteiger partial charge in [-0.25, -0.2) is 0 Å². The first-order chi connectivity index (χ1) is 6.15. The number of hydrogen-bond acceptors (Lipinski definition) is 5. The van der Waals surface area contributed by atoms with E-state index in [4.69, 9.17) is 5.11 Å². The van der Waals surface area contributed by atoms with E-state index in [0.29, 0.717) is 10.6 Å². The van der Waals surface area contributed by atoms with Gasteiger partial charge in [0, 0.05) is 6.04 Å². The SMILES string of the molecule is Cc1nnsc1C(=O)NC(C)CO. The molecule has 1 aromatic heterocycles. The molecule has 0 spiro atoms. The largest absolute Gasteiger partial charge is 0.394 e. The molecule has 2 N–H and O–H groups in total. The second-order valence-corrected chi connectivity index (χ2v) is 3.50. The Bertz CT molecular complexity index is 300. The summed E-state index contributed by atoms with van der Waals surface area (Å²) in [5.74, 6) is -0.228. The van der Waals surface area contributed by atoms with Crippen LogP contribution >= 0.6 is 11.5 Å². The molecule has 0 saturated heterocycles. The molecule has 1 unspecified atom stereocenters. The summed E-state index contributed by atoms with van der Waals surface area (Å²) >= 11 is 1.06. The number of aryl methyl sites for hydroxylation is 1. The number of aromatic nitrogens is 2. The number of carbonyl (C=O) groups is 1. The predicted molar refractivity (Wildman–Crippen MR) is 48.7 cm³/mol. The molecule has 0 aliphatic heterocycles. The third kappa shape index (κ3) is 2.46. The van der Waals surface area contributed by atoms with Crippen LogP contribution in [0.2, 0.25) is 0 Å². The van der Waals surface area contributed by atoms with E-state index in [9.17, 15) is 4.79 Å². The fourth-order valence-corrected chi connectivity index (χ4v) is 1.33. The molecule has 6 heteroatoms. The molecular formula is C7H11N3O2S. The molecule has 0 saturated carbocycles. The highest BCUT2D eigenvalue weighted by molar-refractivity contribution is 7.07. The van der Waals surface area contributed by atoms with Crippen LogP contribution in [0.1, 0.15) is 22.3 Å². The maximum absolute atomic E-state index is 11.4. The van der Waals surface area contributed by atoms with Crippen molar-refractivity contribution in [3.05, 3.63) is 10.6 Å². The minimum absolute atomic E-state index is 0.0724. The Kier molecular flexibility index (Phi) is 3.32. The van der Waals surface area contributed by atoms with Crippen LogP contribution in [0, 0.1) is 6.92 Å². The van der Waals surface area contributed by atoms with Crippen molar-refractivity contribution in [3.8, 4) is 0 Å². The highest BCUT2D eigenvalue weighted by Crippen LogP contribution is 2.08. The molecule has 13 heavy (non-hydrogen) atoms. The van der Waals surface area contributed by atoms with Gasteiger partial charge < -0.3 is 10.4 Å². The lowest BCUT2D eigenvalue weighted by atomic mass is 10.3. The lowest BCUT2D eigenvalue weighted by Crippen LogP contribution is -2.34. The summed E-state index contributed by atoms with van der Waals surface area (Å²) in [6.07, 6.45) is 0. The molecular weight excluding hydrogens is 190 g/mol. The molecule has 0 aliphatic rings. The van der Waals surface area contributed by atoms with Gasteiger partial charge in [-0.2, -0.15) is 0 Å². The first kappa shape index (κ1) is 10.1. The molecule has 0 fully saturated rings. The average molecular weight is 201 g/mol. The van der Waals surface area contributed by atoms with Gasteiger partial charge in [0.25, 0.3) is 5.91 Å². The van der Waals surface area contributed by atoms with Gasteiger partial charge in [-0.1, -0.05) is 4.49 Å². The lowest BCUT2D eigenvalue weighted by molar-refractivity contribution is 0.0925. The topological polar surface area (TPSA) is 75.1 Å². The number of nitrogens with one attached hydrogen (secondary N) is 1. The molecule has 1 amide bonds. The van der Waals surface area contributed by atoms with Crippen molar-refractivity contribution in [2.24, 2.45) is 0 Å². The van der Waals surface area contributed by atoms with E-state index in [-0.39, 0.29) is 18.6 Å². The van der Waals surface area contributed by atoms with Crippen LogP contribution in [-0.2, 0) is 0 Å². The highest BCUT2D eigenvalue weighted by atomic mass is 32.1. The van der Waals surface area contributed by atoms with E-state index >= 15 is 0 Å². The van der Waals surface area contributed by atoms with Crippen LogP contribution in [0.3, 0.4) is 0 Å². The number of amides is 1. The zero-order valence-corrected chi connectivity index (χ0v) is 8.26. The van der Waals surface area contributed by atoms with Crippen molar-refractivity contribution in [1.29, 1.82) is 0 Å². The Hall–Kier alpha value is -1.01. The second-order valence-electron chi connectivity index (χ2n) is 2.74.